The van der Waals surface area contributed by atoms with Crippen LogP contribution in [0.5, 0.6) is 0 Å². The molecule has 0 aromatic heterocycles. The summed E-state index contributed by atoms with van der Waals surface area (Å²) in [6, 6.07) is 13.1. The molecule has 1 aliphatic rings. The molecule has 1 aliphatic heterocycles. The van der Waals surface area contributed by atoms with Gasteiger partial charge in [-0.1, -0.05) is 23.2 Å². The number of amides is 1. The maximum Gasteiger partial charge on any atom is 0.328 e. The Kier molecular flexibility index (Phi) is 6.44. The van der Waals surface area contributed by atoms with Crippen molar-refractivity contribution in [2.45, 2.75) is 0 Å². The number of rotatable bonds is 5. The van der Waals surface area contributed by atoms with E-state index in [4.69, 9.17) is 28.3 Å². The molecule has 8 heteroatoms. The van der Waals surface area contributed by atoms with E-state index in [-0.39, 0.29) is 0 Å². The summed E-state index contributed by atoms with van der Waals surface area (Å²) in [5.41, 5.74) is 2.73. The van der Waals surface area contributed by atoms with Gasteiger partial charge in [0.25, 0.3) is 0 Å². The molecular weight excluding hydrogens is 401 g/mol. The van der Waals surface area contributed by atoms with Gasteiger partial charge in [-0.25, -0.2) is 4.79 Å². The molecule has 1 fully saturated rings. The number of carboxylic acids is 1. The van der Waals surface area contributed by atoms with Gasteiger partial charge >= 0.3 is 5.97 Å². The van der Waals surface area contributed by atoms with Crippen LogP contribution in [0, 0.1) is 0 Å². The monoisotopic (exact) mass is 419 g/mol. The fourth-order valence-electron chi connectivity index (χ4n) is 2.99. The van der Waals surface area contributed by atoms with Crippen LogP contribution in [0.4, 0.5) is 17.1 Å². The van der Waals surface area contributed by atoms with Crippen LogP contribution in [0.1, 0.15) is 0 Å². The van der Waals surface area contributed by atoms with Gasteiger partial charge in [0.2, 0.25) is 5.91 Å². The molecular formula is C20H19Cl2N3O3. The van der Waals surface area contributed by atoms with Gasteiger partial charge in [-0.3, -0.25) is 4.79 Å². The Labute approximate surface area is 173 Å². The van der Waals surface area contributed by atoms with Gasteiger partial charge in [-0.2, -0.15) is 0 Å². The summed E-state index contributed by atoms with van der Waals surface area (Å²) in [7, 11) is 0. The fourth-order valence-corrected chi connectivity index (χ4v) is 3.28. The van der Waals surface area contributed by atoms with E-state index in [0.717, 1.165) is 49.7 Å². The lowest BCUT2D eigenvalue weighted by Crippen LogP contribution is -2.46. The van der Waals surface area contributed by atoms with Gasteiger partial charge in [0.05, 0.1) is 10.0 Å². The fraction of sp³-hybridized carbons (Fsp3) is 0.200. The molecule has 28 heavy (non-hydrogen) atoms. The molecule has 2 aromatic carbocycles. The lowest BCUT2D eigenvalue weighted by Gasteiger charge is -2.37. The highest BCUT2D eigenvalue weighted by Gasteiger charge is 2.18. The van der Waals surface area contributed by atoms with Crippen molar-refractivity contribution in [3.63, 3.8) is 0 Å². The number of hydrogen-bond donors (Lipinski definition) is 2. The number of halogens is 2. The van der Waals surface area contributed by atoms with E-state index in [2.05, 4.69) is 15.1 Å². The van der Waals surface area contributed by atoms with Gasteiger partial charge in [0.15, 0.2) is 0 Å². The first-order valence-electron chi connectivity index (χ1n) is 8.69. The number of carboxylic acid groups (broad SMARTS) is 1. The number of hydrogen-bond acceptors (Lipinski definition) is 4. The summed E-state index contributed by atoms with van der Waals surface area (Å²) < 4.78 is 0. The third-order valence-electron chi connectivity index (χ3n) is 4.43. The highest BCUT2D eigenvalue weighted by Crippen LogP contribution is 2.28. The average Bonchev–Trinajstić information content (AvgIpc) is 2.69. The number of nitrogens with one attached hydrogen (secondary N) is 1. The van der Waals surface area contributed by atoms with Crippen molar-refractivity contribution in [3.8, 4) is 0 Å². The van der Waals surface area contributed by atoms with Gasteiger partial charge in [0, 0.05) is 55.4 Å². The molecule has 0 saturated carbocycles. The first kappa shape index (κ1) is 20.0. The van der Waals surface area contributed by atoms with Gasteiger partial charge < -0.3 is 20.2 Å². The summed E-state index contributed by atoms with van der Waals surface area (Å²) in [6.45, 7) is 3.42. The maximum atomic E-state index is 11.6. The highest BCUT2D eigenvalue weighted by molar-refractivity contribution is 6.42. The predicted octanol–water partition coefficient (Wildman–Crippen LogP) is 3.90. The normalized spacial score (nSPS) is 14.4. The highest BCUT2D eigenvalue weighted by atomic mass is 35.5. The maximum absolute atomic E-state index is 11.6. The second kappa shape index (κ2) is 8.99. The molecule has 1 saturated heterocycles. The number of nitrogens with zero attached hydrogens (tertiary/aromatic N) is 2. The Bertz CT molecular complexity index is 892. The molecule has 146 valence electrons. The van der Waals surface area contributed by atoms with E-state index in [1.165, 1.54) is 0 Å². The summed E-state index contributed by atoms with van der Waals surface area (Å²) in [5.74, 6) is -1.64. The molecule has 0 radical (unpaired) electrons. The Balaban J connectivity index is 1.56. The van der Waals surface area contributed by atoms with E-state index in [1.807, 2.05) is 30.3 Å². The molecule has 2 aromatic rings. The molecule has 0 unspecified atom stereocenters. The molecule has 2 N–H and O–H groups in total. The Morgan fingerprint density at radius 1 is 0.857 bits per heavy atom. The number of carbonyl (C=O) groups excluding carboxylic acids is 1. The van der Waals surface area contributed by atoms with Crippen LogP contribution in [0.2, 0.25) is 10.0 Å². The van der Waals surface area contributed by atoms with Crippen molar-refractivity contribution in [1.29, 1.82) is 0 Å². The largest absolute Gasteiger partial charge is 0.478 e. The van der Waals surface area contributed by atoms with Gasteiger partial charge in [0.1, 0.15) is 0 Å². The molecule has 6 nitrogen and oxygen atoms in total. The summed E-state index contributed by atoms with van der Waals surface area (Å²) in [5, 5.41) is 12.3. The van der Waals surface area contributed by atoms with E-state index in [9.17, 15) is 9.59 Å². The van der Waals surface area contributed by atoms with Crippen LogP contribution in [0.25, 0.3) is 0 Å². The van der Waals surface area contributed by atoms with Crippen LogP contribution in [0.3, 0.4) is 0 Å². The topological polar surface area (TPSA) is 72.9 Å². The van der Waals surface area contributed by atoms with E-state index >= 15 is 0 Å². The lowest BCUT2D eigenvalue weighted by atomic mass is 10.2. The van der Waals surface area contributed by atoms with Gasteiger partial charge in [-0.15, -0.1) is 0 Å². The predicted molar refractivity (Wildman–Crippen MR) is 113 cm³/mol. The molecule has 0 spiro atoms. The minimum absolute atomic E-state index is 0.481. The smallest absolute Gasteiger partial charge is 0.328 e. The summed E-state index contributed by atoms with van der Waals surface area (Å²) in [6.07, 6.45) is 1.79. The summed E-state index contributed by atoms with van der Waals surface area (Å²) in [4.78, 5) is 26.6. The minimum atomic E-state index is -1.16. The second-order valence-electron chi connectivity index (χ2n) is 6.28. The van der Waals surface area contributed by atoms with Crippen molar-refractivity contribution < 1.29 is 14.7 Å². The summed E-state index contributed by atoms with van der Waals surface area (Å²) >= 11 is 12.1. The lowest BCUT2D eigenvalue weighted by molar-refractivity contribution is -0.131. The van der Waals surface area contributed by atoms with Gasteiger partial charge in [-0.05, 0) is 42.5 Å². The average molecular weight is 420 g/mol. The molecule has 1 amide bonds. The second-order valence-corrected chi connectivity index (χ2v) is 7.09. The molecule has 0 atom stereocenters. The van der Waals surface area contributed by atoms with Crippen molar-refractivity contribution in [2.24, 2.45) is 0 Å². The Morgan fingerprint density at radius 2 is 1.43 bits per heavy atom. The molecule has 0 aliphatic carbocycles. The number of anilines is 3. The van der Waals surface area contributed by atoms with Crippen LogP contribution in [0.15, 0.2) is 54.6 Å². The van der Waals surface area contributed by atoms with Crippen molar-refractivity contribution in [2.75, 3.05) is 41.3 Å². The number of aliphatic carboxylic acids is 1. The standard InChI is InChI=1S/C20H19Cl2N3O3/c21-17-6-5-16(13-18(17)22)25-11-9-24(10-12-25)15-3-1-14(2-4-15)23-19(26)7-8-20(27)28/h1-8,13H,9-12H2,(H,23,26)(H,27,28). The van der Waals surface area contributed by atoms with Crippen LogP contribution < -0.4 is 15.1 Å². The zero-order valence-corrected chi connectivity index (χ0v) is 16.5. The first-order chi connectivity index (χ1) is 13.4. The van der Waals surface area contributed by atoms with Crippen molar-refractivity contribution in [3.05, 3.63) is 64.7 Å². The van der Waals surface area contributed by atoms with E-state index < -0.39 is 11.9 Å². The quantitative estimate of drug-likeness (QED) is 0.718. The zero-order chi connectivity index (χ0) is 20.1. The Hall–Kier alpha value is -2.70. The third-order valence-corrected chi connectivity index (χ3v) is 5.16. The van der Waals surface area contributed by atoms with E-state index in [0.29, 0.717) is 15.7 Å². The van der Waals surface area contributed by atoms with Crippen LogP contribution in [-0.2, 0) is 9.59 Å². The number of carbonyl (C=O) groups is 2. The Morgan fingerprint density at radius 3 is 2.00 bits per heavy atom. The number of piperazine rings is 1. The number of benzene rings is 2. The molecule has 3 rings (SSSR count). The van der Waals surface area contributed by atoms with Crippen LogP contribution >= 0.6 is 23.2 Å². The van der Waals surface area contributed by atoms with Crippen molar-refractivity contribution in [1.82, 2.24) is 0 Å². The van der Waals surface area contributed by atoms with Crippen molar-refractivity contribution >= 4 is 52.1 Å². The molecule has 0 bridgehead atoms. The first-order valence-corrected chi connectivity index (χ1v) is 9.45. The zero-order valence-electron chi connectivity index (χ0n) is 14.9. The van der Waals surface area contributed by atoms with E-state index in [1.54, 1.807) is 12.1 Å². The minimum Gasteiger partial charge on any atom is -0.478 e. The SMILES string of the molecule is O=C(O)C=CC(=O)Nc1ccc(N2CCN(c3ccc(Cl)c(Cl)c3)CC2)cc1. The third kappa shape index (κ3) is 5.18. The molecule has 1 heterocycles. The van der Waals surface area contributed by atoms with Crippen LogP contribution in [-0.4, -0.2) is 43.2 Å².